The summed E-state index contributed by atoms with van der Waals surface area (Å²) in [4.78, 5) is 33.5. The van der Waals surface area contributed by atoms with Gasteiger partial charge in [0.1, 0.15) is 0 Å². The highest BCUT2D eigenvalue weighted by molar-refractivity contribution is 6.50. The number of hydrogen-bond acceptors (Lipinski definition) is 4. The summed E-state index contributed by atoms with van der Waals surface area (Å²) in [5, 5.41) is 4.52. The van der Waals surface area contributed by atoms with Crippen molar-refractivity contribution in [2.24, 2.45) is 12.0 Å². The van der Waals surface area contributed by atoms with Crippen LogP contribution in [0.15, 0.2) is 90.3 Å². The quantitative estimate of drug-likeness (QED) is 0.253. The fourth-order valence-electron chi connectivity index (χ4n) is 6.16. The molecule has 40 heavy (non-hydrogen) atoms. The predicted molar refractivity (Wildman–Crippen MR) is 162 cm³/mol. The number of amides is 2. The zero-order chi connectivity index (χ0) is 27.8. The van der Waals surface area contributed by atoms with Crippen LogP contribution in [0.1, 0.15) is 36.9 Å². The van der Waals surface area contributed by atoms with E-state index in [1.807, 2.05) is 67.2 Å². The van der Waals surface area contributed by atoms with Gasteiger partial charge in [-0.3, -0.25) is 24.8 Å². The normalized spacial score (nSPS) is 17.6. The number of imide groups is 1. The lowest BCUT2D eigenvalue weighted by Gasteiger charge is -2.33. The highest BCUT2D eigenvalue weighted by Crippen LogP contribution is 2.40. The summed E-state index contributed by atoms with van der Waals surface area (Å²) in [6.45, 7) is 8.46. The Bertz CT molecular complexity index is 1740. The topological polar surface area (TPSA) is 71.6 Å². The molecule has 1 saturated heterocycles. The zero-order valence-corrected chi connectivity index (χ0v) is 22.9. The van der Waals surface area contributed by atoms with Crippen LogP contribution in [-0.2, 0) is 16.6 Å². The van der Waals surface area contributed by atoms with Crippen LogP contribution < -0.4 is 5.32 Å². The van der Waals surface area contributed by atoms with Crippen molar-refractivity contribution in [1.29, 1.82) is 0 Å². The van der Waals surface area contributed by atoms with E-state index in [4.69, 9.17) is 0 Å². The number of hydrogen-bond donors (Lipinski definition) is 1. The monoisotopic (exact) mass is 531 g/mol. The summed E-state index contributed by atoms with van der Waals surface area (Å²) >= 11 is 0. The third kappa shape index (κ3) is 4.42. The number of nitrogens with one attached hydrogen (secondary N) is 1. The number of allylic oxidation sites excluding steroid dienone is 2. The second kappa shape index (κ2) is 10.6. The molecule has 2 aliphatic rings. The largest absolute Gasteiger partial charge is 0.350 e. The van der Waals surface area contributed by atoms with Crippen LogP contribution in [0.2, 0.25) is 0 Å². The van der Waals surface area contributed by atoms with E-state index in [2.05, 4.69) is 44.7 Å². The van der Waals surface area contributed by atoms with Gasteiger partial charge < -0.3 is 9.13 Å². The maximum atomic E-state index is 13.4. The standard InChI is InChI=1S/C33H33N5O2/c1-4-16-34-22(5-2)19-37-17-14-23(15-18-37)38-21-27(25-11-7-9-13-29(25)38)31-30(32(39)35-33(31)40)26-20-36(3)28-12-8-6-10-24(26)28/h4-13,16,20-21,23H,1,14-15,17-19H2,2-3H3,(H,35,39,40)/b22-5-,34-16?. The molecule has 0 aliphatic carbocycles. The first-order valence-electron chi connectivity index (χ1n) is 13.8. The van der Waals surface area contributed by atoms with Gasteiger partial charge in [0.25, 0.3) is 11.8 Å². The Morgan fingerprint density at radius 3 is 2.20 bits per heavy atom. The van der Waals surface area contributed by atoms with Gasteiger partial charge in [0.2, 0.25) is 0 Å². The van der Waals surface area contributed by atoms with Gasteiger partial charge in [-0.25, -0.2) is 0 Å². The van der Waals surface area contributed by atoms with Crippen LogP contribution in [0, 0.1) is 0 Å². The van der Waals surface area contributed by atoms with E-state index in [1.54, 1.807) is 12.3 Å². The van der Waals surface area contributed by atoms with Crippen molar-refractivity contribution < 1.29 is 9.59 Å². The van der Waals surface area contributed by atoms with Gasteiger partial charge in [0.05, 0.1) is 16.8 Å². The number of nitrogens with zero attached hydrogens (tertiary/aromatic N) is 4. The molecular formula is C33H33N5O2. The van der Waals surface area contributed by atoms with Crippen LogP contribution in [0.4, 0.5) is 0 Å². The molecule has 1 fully saturated rings. The molecule has 0 saturated carbocycles. The van der Waals surface area contributed by atoms with Gasteiger partial charge in [-0.05, 0) is 31.9 Å². The molecule has 6 rings (SSSR count). The first-order chi connectivity index (χ1) is 19.5. The minimum absolute atomic E-state index is 0.294. The summed E-state index contributed by atoms with van der Waals surface area (Å²) in [5.74, 6) is -0.690. The summed E-state index contributed by atoms with van der Waals surface area (Å²) in [6.07, 6.45) is 11.5. The first-order valence-corrected chi connectivity index (χ1v) is 13.8. The lowest BCUT2D eigenvalue weighted by molar-refractivity contribution is -0.122. The maximum absolute atomic E-state index is 13.4. The molecule has 0 spiro atoms. The Morgan fingerprint density at radius 1 is 0.950 bits per heavy atom. The number of carbonyl (C=O) groups excluding carboxylic acids is 2. The second-order valence-electron chi connectivity index (χ2n) is 10.5. The Balaban J connectivity index is 1.39. The van der Waals surface area contributed by atoms with Crippen LogP contribution in [-0.4, -0.2) is 51.7 Å². The average molecular weight is 532 g/mol. The lowest BCUT2D eigenvalue weighted by atomic mass is 9.95. The molecule has 2 amide bonds. The van der Waals surface area contributed by atoms with E-state index in [0.29, 0.717) is 17.2 Å². The van der Waals surface area contributed by atoms with E-state index in [9.17, 15) is 9.59 Å². The van der Waals surface area contributed by atoms with E-state index in [1.165, 1.54) is 0 Å². The number of fused-ring (bicyclic) bond motifs is 2. The Hall–Kier alpha value is -4.49. The smallest absolute Gasteiger partial charge is 0.259 e. The molecule has 202 valence electrons. The summed E-state index contributed by atoms with van der Waals surface area (Å²) in [5.41, 5.74) is 5.61. The summed E-state index contributed by atoms with van der Waals surface area (Å²) < 4.78 is 4.32. The number of aliphatic imine (C=N–C) groups is 1. The van der Waals surface area contributed by atoms with Crippen molar-refractivity contribution in [3.63, 3.8) is 0 Å². The van der Waals surface area contributed by atoms with Crippen molar-refractivity contribution in [2.45, 2.75) is 25.8 Å². The number of para-hydroxylation sites is 2. The molecule has 1 N–H and O–H groups in total. The Kier molecular flexibility index (Phi) is 6.82. The van der Waals surface area contributed by atoms with Gasteiger partial charge in [-0.2, -0.15) is 0 Å². The molecule has 0 unspecified atom stereocenters. The molecular weight excluding hydrogens is 498 g/mol. The van der Waals surface area contributed by atoms with E-state index in [0.717, 1.165) is 71.1 Å². The van der Waals surface area contributed by atoms with Crippen LogP contribution in [0.5, 0.6) is 0 Å². The van der Waals surface area contributed by atoms with Gasteiger partial charge in [0.15, 0.2) is 0 Å². The first kappa shape index (κ1) is 25.8. The summed E-state index contributed by atoms with van der Waals surface area (Å²) in [7, 11) is 1.96. The minimum atomic E-state index is -0.347. The fourth-order valence-corrected chi connectivity index (χ4v) is 6.16. The molecule has 0 radical (unpaired) electrons. The number of aryl methyl sites for hydroxylation is 1. The Labute approximate surface area is 233 Å². The highest BCUT2D eigenvalue weighted by Gasteiger charge is 2.36. The van der Waals surface area contributed by atoms with Crippen molar-refractivity contribution in [3.8, 4) is 0 Å². The van der Waals surface area contributed by atoms with Gasteiger partial charge in [-0.15, -0.1) is 0 Å². The molecule has 7 nitrogen and oxygen atoms in total. The molecule has 7 heteroatoms. The maximum Gasteiger partial charge on any atom is 0.259 e. The molecule has 0 bridgehead atoms. The van der Waals surface area contributed by atoms with Crippen LogP contribution in [0.3, 0.4) is 0 Å². The number of likely N-dealkylation sites (tertiary alicyclic amines) is 1. The summed E-state index contributed by atoms with van der Waals surface area (Å²) in [6, 6.07) is 16.5. The number of piperidine rings is 1. The van der Waals surface area contributed by atoms with Crippen molar-refractivity contribution in [3.05, 3.63) is 96.5 Å². The van der Waals surface area contributed by atoms with E-state index >= 15 is 0 Å². The highest BCUT2D eigenvalue weighted by atomic mass is 16.2. The van der Waals surface area contributed by atoms with E-state index in [-0.39, 0.29) is 11.8 Å². The predicted octanol–water partition coefficient (Wildman–Crippen LogP) is 5.50. The van der Waals surface area contributed by atoms with Crippen LogP contribution in [0.25, 0.3) is 33.0 Å². The molecule has 0 atom stereocenters. The van der Waals surface area contributed by atoms with Crippen molar-refractivity contribution in [1.82, 2.24) is 19.4 Å². The van der Waals surface area contributed by atoms with Gasteiger partial charge in [0, 0.05) is 84.3 Å². The number of aromatic nitrogens is 2. The van der Waals surface area contributed by atoms with Crippen LogP contribution >= 0.6 is 0 Å². The third-order valence-electron chi connectivity index (χ3n) is 8.12. The number of carbonyl (C=O) groups is 2. The second-order valence-corrected chi connectivity index (χ2v) is 10.5. The van der Waals surface area contributed by atoms with E-state index < -0.39 is 0 Å². The zero-order valence-electron chi connectivity index (χ0n) is 22.9. The molecule has 2 aromatic heterocycles. The average Bonchev–Trinajstić information content (AvgIpc) is 3.61. The fraction of sp³-hybridized carbons (Fsp3) is 0.242. The molecule has 2 aliphatic heterocycles. The number of benzene rings is 2. The molecule has 2 aromatic carbocycles. The van der Waals surface area contributed by atoms with Crippen molar-refractivity contribution >= 4 is 51.0 Å². The number of rotatable bonds is 7. The Morgan fingerprint density at radius 2 is 1.55 bits per heavy atom. The van der Waals surface area contributed by atoms with Crippen molar-refractivity contribution in [2.75, 3.05) is 19.6 Å². The lowest BCUT2D eigenvalue weighted by Crippen LogP contribution is -2.35. The molecule has 4 heterocycles. The SMILES string of the molecule is C=CC=N/C(=C\C)CN1CCC(n2cc(C3=C(c4cn(C)c5ccccc45)C(=O)NC3=O)c3ccccc32)CC1. The van der Waals surface area contributed by atoms with Gasteiger partial charge in [-0.1, -0.05) is 55.1 Å². The molecule has 4 aromatic rings. The third-order valence-corrected chi connectivity index (χ3v) is 8.12. The van der Waals surface area contributed by atoms with Gasteiger partial charge >= 0.3 is 0 Å². The minimum Gasteiger partial charge on any atom is -0.350 e.